The lowest BCUT2D eigenvalue weighted by molar-refractivity contribution is 0.251. The fourth-order valence-electron chi connectivity index (χ4n) is 3.59. The van der Waals surface area contributed by atoms with Gasteiger partial charge in [0.05, 0.1) is 0 Å². The van der Waals surface area contributed by atoms with Gasteiger partial charge in [0.25, 0.3) is 10.0 Å². The maximum atomic E-state index is 12.8. The lowest BCUT2D eigenvalue weighted by Gasteiger charge is -2.34. The molecule has 2 aliphatic heterocycles. The Bertz CT molecular complexity index is 613. The summed E-state index contributed by atoms with van der Waals surface area (Å²) >= 11 is 0. The Kier molecular flexibility index (Phi) is 3.83. The predicted octanol–water partition coefficient (Wildman–Crippen LogP) is 1.11. The molecule has 0 radical (unpaired) electrons. The minimum atomic E-state index is -3.50. The molecule has 2 fully saturated rings. The molecule has 2 atom stereocenters. The smallest absolute Gasteiger partial charge is 0.262 e. The van der Waals surface area contributed by atoms with Crippen LogP contribution in [0.4, 0.5) is 0 Å². The van der Waals surface area contributed by atoms with Gasteiger partial charge in [0.1, 0.15) is 5.82 Å². The molecule has 3 rings (SSSR count). The lowest BCUT2D eigenvalue weighted by Crippen LogP contribution is -2.48. The maximum absolute atomic E-state index is 12.8. The van der Waals surface area contributed by atoms with Crippen molar-refractivity contribution in [2.24, 2.45) is 0 Å². The van der Waals surface area contributed by atoms with E-state index in [0.29, 0.717) is 12.1 Å². The monoisotopic (exact) mass is 312 g/mol. The average Bonchev–Trinajstić information content (AvgIpc) is 3.00. The van der Waals surface area contributed by atoms with Crippen molar-refractivity contribution in [2.75, 3.05) is 7.05 Å². The van der Waals surface area contributed by atoms with Crippen LogP contribution in [0, 0.1) is 6.92 Å². The largest absolute Gasteiger partial charge is 0.334 e. The number of imidazole rings is 1. The number of fused-ring (bicyclic) bond motifs is 2. The molecule has 0 saturated carbocycles. The fourth-order valence-corrected chi connectivity index (χ4v) is 4.96. The van der Waals surface area contributed by atoms with Crippen molar-refractivity contribution in [3.63, 3.8) is 0 Å². The van der Waals surface area contributed by atoms with Crippen LogP contribution in [0.15, 0.2) is 11.2 Å². The number of rotatable bonds is 4. The summed E-state index contributed by atoms with van der Waals surface area (Å²) in [7, 11) is -1.80. The van der Waals surface area contributed by atoms with E-state index in [-0.39, 0.29) is 11.1 Å². The van der Waals surface area contributed by atoms with Gasteiger partial charge in [-0.3, -0.25) is 0 Å². The van der Waals surface area contributed by atoms with E-state index in [1.54, 1.807) is 17.5 Å². The molecule has 21 heavy (non-hydrogen) atoms. The Morgan fingerprint density at radius 1 is 1.38 bits per heavy atom. The standard InChI is InChI=1S/C14H24N4O2S/c1-4-18-9-14(15-10(18)2)21(19,20)17(3)13-7-11-5-6-12(8-13)16-11/h9,11-13,16H,4-8H2,1-3H3. The summed E-state index contributed by atoms with van der Waals surface area (Å²) in [6.45, 7) is 4.56. The van der Waals surface area contributed by atoms with Crippen LogP contribution in [0.1, 0.15) is 38.4 Å². The van der Waals surface area contributed by atoms with E-state index in [4.69, 9.17) is 0 Å². The molecule has 6 nitrogen and oxygen atoms in total. The molecule has 1 aromatic heterocycles. The van der Waals surface area contributed by atoms with Crippen molar-refractivity contribution in [1.29, 1.82) is 0 Å². The Morgan fingerprint density at radius 3 is 2.52 bits per heavy atom. The number of aromatic nitrogens is 2. The topological polar surface area (TPSA) is 67.2 Å². The van der Waals surface area contributed by atoms with Crippen molar-refractivity contribution < 1.29 is 8.42 Å². The summed E-state index contributed by atoms with van der Waals surface area (Å²) < 4.78 is 29.0. The van der Waals surface area contributed by atoms with Crippen molar-refractivity contribution in [3.8, 4) is 0 Å². The van der Waals surface area contributed by atoms with Gasteiger partial charge in [-0.2, -0.15) is 4.31 Å². The normalized spacial score (nSPS) is 29.2. The van der Waals surface area contributed by atoms with E-state index in [0.717, 1.165) is 25.2 Å². The third-order valence-corrected chi connectivity index (χ3v) is 6.68. The van der Waals surface area contributed by atoms with E-state index < -0.39 is 10.0 Å². The predicted molar refractivity (Wildman–Crippen MR) is 80.6 cm³/mol. The minimum Gasteiger partial charge on any atom is -0.334 e. The molecule has 0 aromatic carbocycles. The van der Waals surface area contributed by atoms with Gasteiger partial charge in [0.15, 0.2) is 5.03 Å². The Balaban J connectivity index is 1.83. The molecule has 2 aliphatic rings. The van der Waals surface area contributed by atoms with Gasteiger partial charge in [-0.25, -0.2) is 13.4 Å². The van der Waals surface area contributed by atoms with Gasteiger partial charge in [0.2, 0.25) is 0 Å². The highest BCUT2D eigenvalue weighted by Crippen LogP contribution is 2.31. The van der Waals surface area contributed by atoms with Gasteiger partial charge in [-0.1, -0.05) is 0 Å². The molecule has 7 heteroatoms. The first kappa shape index (κ1) is 15.0. The van der Waals surface area contributed by atoms with Gasteiger partial charge in [-0.05, 0) is 39.5 Å². The van der Waals surface area contributed by atoms with Crippen LogP contribution in [0.2, 0.25) is 0 Å². The Labute approximate surface area is 126 Å². The quantitative estimate of drug-likeness (QED) is 0.904. The van der Waals surface area contributed by atoms with Crippen molar-refractivity contribution in [3.05, 3.63) is 12.0 Å². The number of nitrogens with one attached hydrogen (secondary N) is 1. The molecule has 2 unspecified atom stereocenters. The average molecular weight is 312 g/mol. The van der Waals surface area contributed by atoms with E-state index in [1.165, 1.54) is 12.8 Å². The molecule has 0 aliphatic carbocycles. The second-order valence-electron chi connectivity index (χ2n) is 6.20. The molecular weight excluding hydrogens is 288 g/mol. The highest BCUT2D eigenvalue weighted by atomic mass is 32.2. The third-order valence-electron chi connectivity index (χ3n) is 4.90. The number of hydrogen-bond acceptors (Lipinski definition) is 4. The first-order valence-corrected chi connectivity index (χ1v) is 9.13. The van der Waals surface area contributed by atoms with E-state index >= 15 is 0 Å². The van der Waals surface area contributed by atoms with Crippen LogP contribution in [-0.2, 0) is 16.6 Å². The molecule has 1 N–H and O–H groups in total. The van der Waals surface area contributed by atoms with Gasteiger partial charge >= 0.3 is 0 Å². The number of piperidine rings is 1. The summed E-state index contributed by atoms with van der Waals surface area (Å²) in [5, 5.41) is 3.72. The second-order valence-corrected chi connectivity index (χ2v) is 8.14. The van der Waals surface area contributed by atoms with Gasteiger partial charge in [0, 0.05) is 37.9 Å². The van der Waals surface area contributed by atoms with Crippen LogP contribution in [0.5, 0.6) is 0 Å². The molecule has 2 saturated heterocycles. The van der Waals surface area contributed by atoms with E-state index in [1.807, 2.05) is 18.4 Å². The maximum Gasteiger partial charge on any atom is 0.262 e. The minimum absolute atomic E-state index is 0.0841. The summed E-state index contributed by atoms with van der Waals surface area (Å²) in [4.78, 5) is 4.24. The number of nitrogens with zero attached hydrogens (tertiary/aromatic N) is 3. The Hall–Kier alpha value is -0.920. The molecule has 3 heterocycles. The summed E-state index contributed by atoms with van der Waals surface area (Å²) in [5.74, 6) is 0.745. The molecule has 0 amide bonds. The van der Waals surface area contributed by atoms with Crippen molar-refractivity contribution in [1.82, 2.24) is 19.2 Å². The molecule has 2 bridgehead atoms. The number of hydrogen-bond donors (Lipinski definition) is 1. The van der Waals surface area contributed by atoms with Gasteiger partial charge < -0.3 is 9.88 Å². The lowest BCUT2D eigenvalue weighted by atomic mass is 10.0. The van der Waals surface area contributed by atoms with Crippen molar-refractivity contribution in [2.45, 2.75) is 69.2 Å². The second kappa shape index (κ2) is 5.37. The third kappa shape index (κ3) is 2.62. The molecule has 0 spiro atoms. The zero-order valence-electron chi connectivity index (χ0n) is 12.9. The van der Waals surface area contributed by atoms with E-state index in [9.17, 15) is 8.42 Å². The van der Waals surface area contributed by atoms with Crippen LogP contribution >= 0.6 is 0 Å². The Morgan fingerprint density at radius 2 is 2.00 bits per heavy atom. The number of sulfonamides is 1. The van der Waals surface area contributed by atoms with Gasteiger partial charge in [-0.15, -0.1) is 0 Å². The summed E-state index contributed by atoms with van der Waals surface area (Å²) in [6.07, 6.45) is 5.79. The molecule has 1 aromatic rings. The zero-order valence-corrected chi connectivity index (χ0v) is 13.7. The highest BCUT2D eigenvalue weighted by molar-refractivity contribution is 7.89. The highest BCUT2D eigenvalue weighted by Gasteiger charge is 2.39. The zero-order chi connectivity index (χ0) is 15.2. The summed E-state index contributed by atoms with van der Waals surface area (Å²) in [6, 6.07) is 1.03. The molecular formula is C14H24N4O2S. The SMILES string of the molecule is CCn1cc(S(=O)(=O)N(C)C2CC3CCC(C2)N3)nc1C. The van der Waals surface area contributed by atoms with Crippen LogP contribution < -0.4 is 5.32 Å². The fraction of sp³-hybridized carbons (Fsp3) is 0.786. The molecule has 118 valence electrons. The van der Waals surface area contributed by atoms with Crippen molar-refractivity contribution >= 4 is 10.0 Å². The first-order chi connectivity index (χ1) is 9.91. The van der Waals surface area contributed by atoms with Crippen LogP contribution in [-0.4, -0.2) is 47.4 Å². The van der Waals surface area contributed by atoms with E-state index in [2.05, 4.69) is 10.3 Å². The number of aryl methyl sites for hydroxylation is 2. The summed E-state index contributed by atoms with van der Waals surface area (Å²) in [5.41, 5.74) is 0. The first-order valence-electron chi connectivity index (χ1n) is 7.69. The van der Waals surface area contributed by atoms with Crippen LogP contribution in [0.25, 0.3) is 0 Å². The van der Waals surface area contributed by atoms with Crippen LogP contribution in [0.3, 0.4) is 0 Å².